The van der Waals surface area contributed by atoms with E-state index in [1.807, 2.05) is 11.9 Å². The smallest absolute Gasteiger partial charge is 0.225 e. The van der Waals surface area contributed by atoms with Crippen molar-refractivity contribution in [3.63, 3.8) is 0 Å². The fourth-order valence-corrected chi connectivity index (χ4v) is 3.25. The fourth-order valence-electron chi connectivity index (χ4n) is 3.25. The molecule has 0 aliphatic heterocycles. The predicted molar refractivity (Wildman–Crippen MR) is 82.4 cm³/mol. The second-order valence-corrected chi connectivity index (χ2v) is 5.81. The van der Waals surface area contributed by atoms with Crippen LogP contribution in [-0.4, -0.2) is 17.9 Å². The van der Waals surface area contributed by atoms with E-state index in [4.69, 9.17) is 0 Å². The quantitative estimate of drug-likeness (QED) is 0.823. The van der Waals surface area contributed by atoms with E-state index in [2.05, 4.69) is 42.5 Å². The molecule has 2 heteroatoms. The predicted octanol–water partition coefficient (Wildman–Crippen LogP) is 3.99. The van der Waals surface area contributed by atoms with Crippen LogP contribution in [0.2, 0.25) is 0 Å². The average Bonchev–Trinajstić information content (AvgIpc) is 3.01. The summed E-state index contributed by atoms with van der Waals surface area (Å²) in [6, 6.07) is 14.7. The van der Waals surface area contributed by atoms with Gasteiger partial charge in [-0.15, -0.1) is 0 Å². The minimum Gasteiger partial charge on any atom is -0.341 e. The van der Waals surface area contributed by atoms with Crippen molar-refractivity contribution >= 4 is 16.7 Å². The van der Waals surface area contributed by atoms with Gasteiger partial charge in [0.15, 0.2) is 0 Å². The highest BCUT2D eigenvalue weighted by Gasteiger charge is 2.25. The molecule has 1 fully saturated rings. The molecule has 2 aromatic carbocycles. The minimum absolute atomic E-state index is 0.259. The number of fused-ring (bicyclic) bond motifs is 1. The highest BCUT2D eigenvalue weighted by atomic mass is 16.2. The average molecular weight is 267 g/mol. The molecule has 0 N–H and O–H groups in total. The van der Waals surface area contributed by atoms with Gasteiger partial charge in [-0.3, -0.25) is 4.79 Å². The Balaban J connectivity index is 1.80. The number of carbonyl (C=O) groups is 1. The molecular formula is C18H21NO. The molecule has 2 aromatic rings. The van der Waals surface area contributed by atoms with Crippen molar-refractivity contribution in [3.05, 3.63) is 48.0 Å². The summed E-state index contributed by atoms with van der Waals surface area (Å²) in [7, 11) is 1.93. The third-order valence-corrected chi connectivity index (χ3v) is 4.37. The second kappa shape index (κ2) is 5.66. The lowest BCUT2D eigenvalue weighted by Crippen LogP contribution is -2.31. The van der Waals surface area contributed by atoms with E-state index >= 15 is 0 Å². The van der Waals surface area contributed by atoms with Gasteiger partial charge in [0, 0.05) is 19.5 Å². The van der Waals surface area contributed by atoms with E-state index in [1.54, 1.807) is 0 Å². The van der Waals surface area contributed by atoms with Crippen LogP contribution in [0, 0.1) is 5.92 Å². The molecule has 1 amide bonds. The summed E-state index contributed by atoms with van der Waals surface area (Å²) in [6.07, 6.45) is 4.55. The third kappa shape index (κ3) is 2.55. The van der Waals surface area contributed by atoms with Crippen LogP contribution in [0.3, 0.4) is 0 Å². The maximum Gasteiger partial charge on any atom is 0.225 e. The number of hydrogen-bond donors (Lipinski definition) is 0. The van der Waals surface area contributed by atoms with E-state index in [0.29, 0.717) is 12.5 Å². The van der Waals surface area contributed by atoms with Crippen molar-refractivity contribution in [1.29, 1.82) is 0 Å². The highest BCUT2D eigenvalue weighted by Crippen LogP contribution is 2.27. The molecule has 0 atom stereocenters. The molecule has 3 rings (SSSR count). The lowest BCUT2D eigenvalue weighted by molar-refractivity contribution is -0.134. The van der Waals surface area contributed by atoms with Gasteiger partial charge in [0.1, 0.15) is 0 Å². The van der Waals surface area contributed by atoms with Crippen molar-refractivity contribution in [2.24, 2.45) is 5.92 Å². The van der Waals surface area contributed by atoms with Crippen molar-refractivity contribution in [2.75, 3.05) is 7.05 Å². The molecule has 1 aliphatic rings. The first-order valence-electron chi connectivity index (χ1n) is 7.47. The van der Waals surface area contributed by atoms with Gasteiger partial charge in [-0.1, -0.05) is 55.3 Å². The summed E-state index contributed by atoms with van der Waals surface area (Å²) in [5, 5.41) is 2.49. The Morgan fingerprint density at radius 2 is 1.80 bits per heavy atom. The van der Waals surface area contributed by atoms with Crippen molar-refractivity contribution in [3.8, 4) is 0 Å². The Morgan fingerprint density at radius 3 is 2.60 bits per heavy atom. The normalized spacial score (nSPS) is 15.7. The van der Waals surface area contributed by atoms with E-state index < -0.39 is 0 Å². The summed E-state index contributed by atoms with van der Waals surface area (Å²) >= 11 is 0. The van der Waals surface area contributed by atoms with Gasteiger partial charge in [0.25, 0.3) is 0 Å². The Kier molecular flexibility index (Phi) is 3.72. The van der Waals surface area contributed by atoms with E-state index in [1.165, 1.54) is 29.2 Å². The van der Waals surface area contributed by atoms with Crippen LogP contribution < -0.4 is 0 Å². The van der Waals surface area contributed by atoms with Gasteiger partial charge in [-0.25, -0.2) is 0 Å². The maximum absolute atomic E-state index is 12.4. The largest absolute Gasteiger partial charge is 0.341 e. The van der Waals surface area contributed by atoms with Gasteiger partial charge >= 0.3 is 0 Å². The zero-order chi connectivity index (χ0) is 13.9. The van der Waals surface area contributed by atoms with Gasteiger partial charge in [-0.2, -0.15) is 0 Å². The van der Waals surface area contributed by atoms with Crippen LogP contribution in [0.4, 0.5) is 0 Å². The number of nitrogens with zero attached hydrogens (tertiary/aromatic N) is 1. The number of hydrogen-bond acceptors (Lipinski definition) is 1. The first-order valence-corrected chi connectivity index (χ1v) is 7.47. The summed E-state index contributed by atoms with van der Waals surface area (Å²) in [5.41, 5.74) is 1.23. The Bertz CT molecular complexity index is 608. The second-order valence-electron chi connectivity index (χ2n) is 5.81. The molecule has 0 unspecified atom stereocenters. The van der Waals surface area contributed by atoms with Gasteiger partial charge in [-0.05, 0) is 29.2 Å². The van der Waals surface area contributed by atoms with Crippen LogP contribution >= 0.6 is 0 Å². The Hall–Kier alpha value is -1.83. The number of benzene rings is 2. The summed E-state index contributed by atoms with van der Waals surface area (Å²) in [6.45, 7) is 0.705. The van der Waals surface area contributed by atoms with Crippen LogP contribution in [0.5, 0.6) is 0 Å². The monoisotopic (exact) mass is 267 g/mol. The molecule has 0 heterocycles. The zero-order valence-corrected chi connectivity index (χ0v) is 12.0. The van der Waals surface area contributed by atoms with Crippen LogP contribution in [-0.2, 0) is 11.3 Å². The molecule has 0 bridgehead atoms. The number of amides is 1. The van der Waals surface area contributed by atoms with E-state index in [0.717, 1.165) is 12.8 Å². The first-order chi connectivity index (χ1) is 9.75. The summed E-state index contributed by atoms with van der Waals surface area (Å²) < 4.78 is 0. The molecule has 0 spiro atoms. The minimum atomic E-state index is 0.259. The molecule has 0 radical (unpaired) electrons. The zero-order valence-electron chi connectivity index (χ0n) is 12.0. The van der Waals surface area contributed by atoms with Crippen LogP contribution in [0.15, 0.2) is 42.5 Å². The number of rotatable bonds is 3. The Morgan fingerprint density at radius 1 is 1.10 bits per heavy atom. The van der Waals surface area contributed by atoms with E-state index in [9.17, 15) is 4.79 Å². The number of carbonyl (C=O) groups excluding carboxylic acids is 1. The third-order valence-electron chi connectivity index (χ3n) is 4.37. The van der Waals surface area contributed by atoms with Crippen LogP contribution in [0.25, 0.3) is 10.8 Å². The first kappa shape index (κ1) is 13.2. The lowest BCUT2D eigenvalue weighted by atomic mass is 10.0. The molecule has 0 saturated heterocycles. The van der Waals surface area contributed by atoms with Crippen LogP contribution in [0.1, 0.15) is 31.2 Å². The van der Waals surface area contributed by atoms with Crippen molar-refractivity contribution < 1.29 is 4.79 Å². The van der Waals surface area contributed by atoms with Gasteiger partial charge in [0.05, 0.1) is 0 Å². The molecule has 1 aliphatic carbocycles. The van der Waals surface area contributed by atoms with E-state index in [-0.39, 0.29) is 5.92 Å². The lowest BCUT2D eigenvalue weighted by Gasteiger charge is -2.21. The highest BCUT2D eigenvalue weighted by molar-refractivity contribution is 5.86. The molecular weight excluding hydrogens is 246 g/mol. The molecule has 1 saturated carbocycles. The topological polar surface area (TPSA) is 20.3 Å². The fraction of sp³-hybridized carbons (Fsp3) is 0.389. The van der Waals surface area contributed by atoms with Crippen molar-refractivity contribution in [2.45, 2.75) is 32.2 Å². The van der Waals surface area contributed by atoms with Crippen molar-refractivity contribution in [1.82, 2.24) is 4.90 Å². The summed E-state index contributed by atoms with van der Waals surface area (Å²) in [4.78, 5) is 14.3. The molecule has 0 aromatic heterocycles. The molecule has 20 heavy (non-hydrogen) atoms. The summed E-state index contributed by atoms with van der Waals surface area (Å²) in [5.74, 6) is 0.574. The SMILES string of the molecule is CN(Cc1cccc2ccccc12)C(=O)C1CCCC1. The van der Waals surface area contributed by atoms with Gasteiger partial charge in [0.2, 0.25) is 5.91 Å². The standard InChI is InChI=1S/C18H21NO/c1-19(18(20)15-8-2-3-9-15)13-16-11-6-10-14-7-4-5-12-17(14)16/h4-7,10-12,15H,2-3,8-9,13H2,1H3. The maximum atomic E-state index is 12.4. The Labute approximate surface area is 120 Å². The van der Waals surface area contributed by atoms with Gasteiger partial charge < -0.3 is 4.90 Å². The molecule has 104 valence electrons. The molecule has 2 nitrogen and oxygen atoms in total.